The van der Waals surface area contributed by atoms with E-state index in [1.165, 1.54) is 12.8 Å². The van der Waals surface area contributed by atoms with Gasteiger partial charge in [0, 0.05) is 24.5 Å². The number of pyridine rings is 1. The molecule has 0 radical (unpaired) electrons. The van der Waals surface area contributed by atoms with Crippen LogP contribution in [0.4, 0.5) is 5.69 Å². The van der Waals surface area contributed by atoms with Crippen molar-refractivity contribution in [2.24, 2.45) is 0 Å². The van der Waals surface area contributed by atoms with Gasteiger partial charge in [0.05, 0.1) is 0 Å². The van der Waals surface area contributed by atoms with E-state index in [0.717, 1.165) is 18.7 Å². The molecule has 0 aromatic carbocycles. The smallest absolute Gasteiger partial charge is 0.354 e. The van der Waals surface area contributed by atoms with Gasteiger partial charge in [-0.25, -0.2) is 9.78 Å². The molecule has 1 fully saturated rings. The molecule has 0 atom stereocenters. The van der Waals surface area contributed by atoms with Crippen LogP contribution >= 0.6 is 0 Å². The third kappa shape index (κ3) is 2.32. The van der Waals surface area contributed by atoms with Crippen molar-refractivity contribution in [1.29, 1.82) is 0 Å². The first kappa shape index (κ1) is 10.9. The molecule has 1 saturated carbocycles. The van der Waals surface area contributed by atoms with E-state index in [2.05, 4.69) is 16.8 Å². The van der Waals surface area contributed by atoms with Crippen molar-refractivity contribution in [2.45, 2.75) is 32.2 Å². The first-order valence-electron chi connectivity index (χ1n) is 5.68. The lowest BCUT2D eigenvalue weighted by atomic mass is 10.2. The van der Waals surface area contributed by atoms with Crippen LogP contribution in [0.3, 0.4) is 0 Å². The molecule has 1 heterocycles. The van der Waals surface area contributed by atoms with E-state index in [1.54, 1.807) is 12.3 Å². The minimum Gasteiger partial charge on any atom is -0.477 e. The molecule has 0 spiro atoms. The Balaban J connectivity index is 2.22. The summed E-state index contributed by atoms with van der Waals surface area (Å²) in [6, 6.07) is 4.15. The summed E-state index contributed by atoms with van der Waals surface area (Å²) in [5.41, 5.74) is 1.11. The van der Waals surface area contributed by atoms with Crippen LogP contribution < -0.4 is 4.90 Å². The van der Waals surface area contributed by atoms with E-state index in [4.69, 9.17) is 5.11 Å². The first-order valence-corrected chi connectivity index (χ1v) is 5.68. The molecule has 4 nitrogen and oxygen atoms in total. The third-order valence-electron chi connectivity index (χ3n) is 2.75. The fourth-order valence-corrected chi connectivity index (χ4v) is 1.86. The molecule has 1 aliphatic rings. The van der Waals surface area contributed by atoms with E-state index in [-0.39, 0.29) is 5.69 Å². The normalized spacial score (nSPS) is 14.8. The highest BCUT2D eigenvalue weighted by molar-refractivity contribution is 5.86. The standard InChI is InChI=1S/C12H16N2O2/c1-2-7-14(9-3-4-9)10-5-6-13-11(8-10)12(15)16/h5-6,8-9H,2-4,7H2,1H3,(H,15,16). The zero-order valence-corrected chi connectivity index (χ0v) is 9.39. The topological polar surface area (TPSA) is 53.4 Å². The van der Waals surface area contributed by atoms with Gasteiger partial charge in [-0.05, 0) is 31.4 Å². The number of carbonyl (C=O) groups is 1. The molecule has 86 valence electrons. The summed E-state index contributed by atoms with van der Waals surface area (Å²) < 4.78 is 0. The van der Waals surface area contributed by atoms with Crippen molar-refractivity contribution in [3.63, 3.8) is 0 Å². The lowest BCUT2D eigenvalue weighted by Crippen LogP contribution is -2.26. The highest BCUT2D eigenvalue weighted by atomic mass is 16.4. The van der Waals surface area contributed by atoms with Gasteiger partial charge in [0.25, 0.3) is 0 Å². The van der Waals surface area contributed by atoms with Crippen LogP contribution in [0.15, 0.2) is 18.3 Å². The van der Waals surface area contributed by atoms with E-state index >= 15 is 0 Å². The van der Waals surface area contributed by atoms with Gasteiger partial charge < -0.3 is 10.0 Å². The second-order valence-electron chi connectivity index (χ2n) is 4.13. The van der Waals surface area contributed by atoms with Gasteiger partial charge in [-0.1, -0.05) is 6.92 Å². The Morgan fingerprint density at radius 1 is 1.62 bits per heavy atom. The zero-order valence-electron chi connectivity index (χ0n) is 9.39. The number of hydrogen-bond acceptors (Lipinski definition) is 3. The van der Waals surface area contributed by atoms with Crippen molar-refractivity contribution in [3.05, 3.63) is 24.0 Å². The van der Waals surface area contributed by atoms with Gasteiger partial charge in [-0.15, -0.1) is 0 Å². The molecule has 16 heavy (non-hydrogen) atoms. The molecule has 0 amide bonds. The minimum atomic E-state index is -0.964. The number of nitrogens with zero attached hydrogens (tertiary/aromatic N) is 2. The molecule has 1 aliphatic carbocycles. The predicted octanol–water partition coefficient (Wildman–Crippen LogP) is 2.16. The van der Waals surface area contributed by atoms with Crippen LogP contribution in [-0.4, -0.2) is 28.6 Å². The Labute approximate surface area is 94.9 Å². The van der Waals surface area contributed by atoms with Crippen LogP contribution in [0.25, 0.3) is 0 Å². The molecule has 1 N–H and O–H groups in total. The van der Waals surface area contributed by atoms with E-state index in [9.17, 15) is 4.79 Å². The fourth-order valence-electron chi connectivity index (χ4n) is 1.86. The molecule has 0 unspecified atom stereocenters. The van der Waals surface area contributed by atoms with Gasteiger partial charge in [0.2, 0.25) is 0 Å². The van der Waals surface area contributed by atoms with Crippen LogP contribution in [0.5, 0.6) is 0 Å². The van der Waals surface area contributed by atoms with Gasteiger partial charge >= 0.3 is 5.97 Å². The maximum atomic E-state index is 10.8. The zero-order chi connectivity index (χ0) is 11.5. The number of carboxylic acids is 1. The average Bonchev–Trinajstić information content (AvgIpc) is 3.10. The Kier molecular flexibility index (Phi) is 3.08. The molecule has 0 saturated heterocycles. The Bertz CT molecular complexity index is 388. The summed E-state index contributed by atoms with van der Waals surface area (Å²) in [4.78, 5) is 17.0. The highest BCUT2D eigenvalue weighted by Gasteiger charge is 2.28. The number of aromatic nitrogens is 1. The predicted molar refractivity (Wildman–Crippen MR) is 61.9 cm³/mol. The fraction of sp³-hybridized carbons (Fsp3) is 0.500. The number of anilines is 1. The second-order valence-corrected chi connectivity index (χ2v) is 4.13. The third-order valence-corrected chi connectivity index (χ3v) is 2.75. The number of aromatic carboxylic acids is 1. The van der Waals surface area contributed by atoms with E-state index in [1.807, 2.05) is 6.07 Å². The minimum absolute atomic E-state index is 0.124. The summed E-state index contributed by atoms with van der Waals surface area (Å²) in [7, 11) is 0. The largest absolute Gasteiger partial charge is 0.477 e. The SMILES string of the molecule is CCCN(c1ccnc(C(=O)O)c1)C1CC1. The lowest BCUT2D eigenvalue weighted by Gasteiger charge is -2.24. The second kappa shape index (κ2) is 4.51. The Hall–Kier alpha value is -1.58. The summed E-state index contributed by atoms with van der Waals surface area (Å²) >= 11 is 0. The molecule has 0 aliphatic heterocycles. The van der Waals surface area contributed by atoms with Crippen LogP contribution in [0.2, 0.25) is 0 Å². The van der Waals surface area contributed by atoms with Crippen molar-refractivity contribution < 1.29 is 9.90 Å². The van der Waals surface area contributed by atoms with Crippen molar-refractivity contribution in [2.75, 3.05) is 11.4 Å². The van der Waals surface area contributed by atoms with Gasteiger partial charge in [-0.2, -0.15) is 0 Å². The summed E-state index contributed by atoms with van der Waals surface area (Å²) in [5.74, 6) is -0.964. The molecule has 0 bridgehead atoms. The number of carboxylic acid groups (broad SMARTS) is 1. The molecule has 1 aromatic rings. The summed E-state index contributed by atoms with van der Waals surface area (Å²) in [6.45, 7) is 3.11. The molecule has 1 aromatic heterocycles. The number of hydrogen-bond donors (Lipinski definition) is 1. The monoisotopic (exact) mass is 220 g/mol. The Morgan fingerprint density at radius 2 is 2.38 bits per heavy atom. The van der Waals surface area contributed by atoms with Crippen LogP contribution in [0, 0.1) is 0 Å². The van der Waals surface area contributed by atoms with Crippen molar-refractivity contribution >= 4 is 11.7 Å². The Morgan fingerprint density at radius 3 is 2.94 bits per heavy atom. The molecular formula is C12H16N2O2. The summed E-state index contributed by atoms with van der Waals surface area (Å²) in [6.07, 6.45) is 5.07. The van der Waals surface area contributed by atoms with Gasteiger partial charge in [-0.3, -0.25) is 0 Å². The van der Waals surface area contributed by atoms with Gasteiger partial charge in [0.15, 0.2) is 0 Å². The van der Waals surface area contributed by atoms with E-state index < -0.39 is 5.97 Å². The van der Waals surface area contributed by atoms with Gasteiger partial charge in [0.1, 0.15) is 5.69 Å². The summed E-state index contributed by atoms with van der Waals surface area (Å²) in [5, 5.41) is 8.89. The number of rotatable bonds is 5. The average molecular weight is 220 g/mol. The maximum Gasteiger partial charge on any atom is 0.354 e. The van der Waals surface area contributed by atoms with Crippen molar-refractivity contribution in [3.8, 4) is 0 Å². The maximum absolute atomic E-state index is 10.8. The van der Waals surface area contributed by atoms with Crippen LogP contribution in [-0.2, 0) is 0 Å². The van der Waals surface area contributed by atoms with E-state index in [0.29, 0.717) is 6.04 Å². The molecule has 4 heteroatoms. The quantitative estimate of drug-likeness (QED) is 0.826. The molecular weight excluding hydrogens is 204 g/mol. The van der Waals surface area contributed by atoms with Crippen molar-refractivity contribution in [1.82, 2.24) is 4.98 Å². The first-order chi connectivity index (χ1) is 7.72. The lowest BCUT2D eigenvalue weighted by molar-refractivity contribution is 0.0690. The molecule has 2 rings (SSSR count). The highest BCUT2D eigenvalue weighted by Crippen LogP contribution is 2.31. The van der Waals surface area contributed by atoms with Crippen LogP contribution in [0.1, 0.15) is 36.7 Å².